The van der Waals surface area contributed by atoms with Crippen LogP contribution in [-0.2, 0) is 6.54 Å². The second-order valence-corrected chi connectivity index (χ2v) is 4.41. The van der Waals surface area contributed by atoms with Crippen LogP contribution in [0.15, 0.2) is 24.4 Å². The topological polar surface area (TPSA) is 49.8 Å². The van der Waals surface area contributed by atoms with Gasteiger partial charge in [-0.2, -0.15) is 4.98 Å². The molecule has 2 aromatic rings. The molecule has 0 aliphatic carbocycles. The molecule has 0 spiro atoms. The van der Waals surface area contributed by atoms with E-state index in [2.05, 4.69) is 20.6 Å². The molecule has 1 aromatic carbocycles. The third-order valence-corrected chi connectivity index (χ3v) is 2.74. The van der Waals surface area contributed by atoms with Gasteiger partial charge in [-0.1, -0.05) is 13.0 Å². The van der Waals surface area contributed by atoms with Gasteiger partial charge in [0.15, 0.2) is 11.6 Å². The van der Waals surface area contributed by atoms with Gasteiger partial charge in [-0.3, -0.25) is 0 Å². The molecule has 1 aromatic heterocycles. The maximum Gasteiger partial charge on any atom is 0.224 e. The number of anilines is 2. The maximum absolute atomic E-state index is 13.6. The molecule has 0 aliphatic heterocycles. The lowest BCUT2D eigenvalue weighted by Gasteiger charge is -2.09. The SMILES string of the molecule is CCCNc1ncc(F)c(NCc2ccc(F)cc2F)n1. The van der Waals surface area contributed by atoms with Crippen molar-refractivity contribution in [1.82, 2.24) is 9.97 Å². The van der Waals surface area contributed by atoms with E-state index in [1.54, 1.807) is 0 Å². The number of nitrogens with one attached hydrogen (secondary N) is 2. The molecule has 21 heavy (non-hydrogen) atoms. The highest BCUT2D eigenvalue weighted by atomic mass is 19.1. The fraction of sp³-hybridized carbons (Fsp3) is 0.286. The number of nitrogens with zero attached hydrogens (tertiary/aromatic N) is 2. The zero-order valence-electron chi connectivity index (χ0n) is 11.5. The molecule has 0 fully saturated rings. The molecule has 2 N–H and O–H groups in total. The normalized spacial score (nSPS) is 10.5. The summed E-state index contributed by atoms with van der Waals surface area (Å²) in [7, 11) is 0. The summed E-state index contributed by atoms with van der Waals surface area (Å²) in [5.74, 6) is -1.73. The van der Waals surface area contributed by atoms with Gasteiger partial charge in [0.25, 0.3) is 0 Å². The summed E-state index contributed by atoms with van der Waals surface area (Å²) in [6.07, 6.45) is 1.92. The maximum atomic E-state index is 13.6. The van der Waals surface area contributed by atoms with Crippen molar-refractivity contribution in [2.75, 3.05) is 17.2 Å². The summed E-state index contributed by atoms with van der Waals surface area (Å²) >= 11 is 0. The third-order valence-electron chi connectivity index (χ3n) is 2.74. The molecule has 112 valence electrons. The predicted molar refractivity (Wildman–Crippen MR) is 74.5 cm³/mol. The van der Waals surface area contributed by atoms with Crippen molar-refractivity contribution < 1.29 is 13.2 Å². The number of rotatable bonds is 6. The van der Waals surface area contributed by atoms with Crippen molar-refractivity contribution in [3.8, 4) is 0 Å². The quantitative estimate of drug-likeness (QED) is 0.858. The van der Waals surface area contributed by atoms with Crippen molar-refractivity contribution in [3.05, 3.63) is 47.4 Å². The van der Waals surface area contributed by atoms with Crippen LogP contribution >= 0.6 is 0 Å². The summed E-state index contributed by atoms with van der Waals surface area (Å²) in [6.45, 7) is 2.64. The Morgan fingerprint density at radius 2 is 1.90 bits per heavy atom. The Morgan fingerprint density at radius 3 is 2.62 bits per heavy atom. The van der Waals surface area contributed by atoms with Gasteiger partial charge in [0.05, 0.1) is 6.20 Å². The minimum absolute atomic E-state index is 0.00668. The van der Waals surface area contributed by atoms with Gasteiger partial charge in [0, 0.05) is 24.7 Å². The summed E-state index contributed by atoms with van der Waals surface area (Å²) in [5, 5.41) is 5.60. The van der Waals surface area contributed by atoms with Crippen LogP contribution in [0, 0.1) is 17.5 Å². The number of halogens is 3. The Morgan fingerprint density at radius 1 is 1.10 bits per heavy atom. The highest BCUT2D eigenvalue weighted by molar-refractivity contribution is 5.41. The Bertz CT molecular complexity index is 619. The molecule has 0 aliphatic rings. The molecule has 0 saturated heterocycles. The zero-order chi connectivity index (χ0) is 15.2. The molecule has 0 amide bonds. The summed E-state index contributed by atoms with van der Waals surface area (Å²) in [4.78, 5) is 7.77. The van der Waals surface area contributed by atoms with Crippen molar-refractivity contribution in [1.29, 1.82) is 0 Å². The fourth-order valence-electron chi connectivity index (χ4n) is 1.66. The molecule has 0 saturated carbocycles. The van der Waals surface area contributed by atoms with Gasteiger partial charge < -0.3 is 10.6 Å². The molecule has 7 heteroatoms. The molecule has 0 unspecified atom stereocenters. The van der Waals surface area contributed by atoms with Crippen LogP contribution in [0.4, 0.5) is 24.9 Å². The standard InChI is InChI=1S/C14H15F3N4/c1-2-5-18-14-20-8-12(17)13(21-14)19-7-9-3-4-10(15)6-11(9)16/h3-4,6,8H,2,5,7H2,1H3,(H2,18,19,20,21). The Kier molecular flexibility index (Phi) is 4.97. The second kappa shape index (κ2) is 6.92. The molecular weight excluding hydrogens is 281 g/mol. The smallest absolute Gasteiger partial charge is 0.224 e. The van der Waals surface area contributed by atoms with Crippen molar-refractivity contribution in [3.63, 3.8) is 0 Å². The van der Waals surface area contributed by atoms with Crippen LogP contribution in [0.5, 0.6) is 0 Å². The Labute approximate surface area is 120 Å². The average Bonchev–Trinajstić information content (AvgIpc) is 2.46. The van der Waals surface area contributed by atoms with Gasteiger partial charge >= 0.3 is 0 Å². The molecule has 1 heterocycles. The summed E-state index contributed by atoms with van der Waals surface area (Å²) < 4.78 is 39.9. The van der Waals surface area contributed by atoms with Gasteiger partial charge in [0.2, 0.25) is 5.95 Å². The molecule has 4 nitrogen and oxygen atoms in total. The molecular formula is C14H15F3N4. The highest BCUT2D eigenvalue weighted by Gasteiger charge is 2.08. The van der Waals surface area contributed by atoms with Crippen molar-refractivity contribution >= 4 is 11.8 Å². The van der Waals surface area contributed by atoms with E-state index in [0.29, 0.717) is 12.5 Å². The molecule has 0 atom stereocenters. The van der Waals surface area contributed by atoms with E-state index in [-0.39, 0.29) is 17.9 Å². The van der Waals surface area contributed by atoms with Crippen molar-refractivity contribution in [2.24, 2.45) is 0 Å². The van der Waals surface area contributed by atoms with E-state index in [1.165, 1.54) is 6.07 Å². The average molecular weight is 296 g/mol. The Balaban J connectivity index is 2.08. The van der Waals surface area contributed by atoms with Crippen molar-refractivity contribution in [2.45, 2.75) is 19.9 Å². The number of benzene rings is 1. The zero-order valence-corrected chi connectivity index (χ0v) is 11.5. The van der Waals surface area contributed by atoms with Crippen LogP contribution < -0.4 is 10.6 Å². The minimum Gasteiger partial charge on any atom is -0.363 e. The first kappa shape index (κ1) is 15.1. The monoisotopic (exact) mass is 296 g/mol. The fourth-order valence-corrected chi connectivity index (χ4v) is 1.66. The van der Waals surface area contributed by atoms with Gasteiger partial charge in [-0.25, -0.2) is 18.2 Å². The van der Waals surface area contributed by atoms with E-state index in [9.17, 15) is 13.2 Å². The van der Waals surface area contributed by atoms with Gasteiger partial charge in [0.1, 0.15) is 11.6 Å². The van der Waals surface area contributed by atoms with Crippen LogP contribution in [0.1, 0.15) is 18.9 Å². The molecule has 0 radical (unpaired) electrons. The summed E-state index contributed by atoms with van der Waals surface area (Å²) in [5.41, 5.74) is 0.220. The van der Waals surface area contributed by atoms with E-state index in [4.69, 9.17) is 0 Å². The molecule has 2 rings (SSSR count). The van der Waals surface area contributed by atoms with Crippen LogP contribution in [0.2, 0.25) is 0 Å². The van der Waals surface area contributed by atoms with E-state index >= 15 is 0 Å². The minimum atomic E-state index is -0.693. The summed E-state index contributed by atoms with van der Waals surface area (Å²) in [6, 6.07) is 3.22. The van der Waals surface area contributed by atoms with E-state index in [0.717, 1.165) is 24.8 Å². The number of hydrogen-bond donors (Lipinski definition) is 2. The predicted octanol–water partition coefficient (Wildman–Crippen LogP) is 3.33. The van der Waals surface area contributed by atoms with Crippen LogP contribution in [0.3, 0.4) is 0 Å². The largest absolute Gasteiger partial charge is 0.363 e. The van der Waals surface area contributed by atoms with Crippen LogP contribution in [0.25, 0.3) is 0 Å². The lowest BCUT2D eigenvalue weighted by atomic mass is 10.2. The van der Waals surface area contributed by atoms with Crippen LogP contribution in [-0.4, -0.2) is 16.5 Å². The van der Waals surface area contributed by atoms with E-state index in [1.807, 2.05) is 6.92 Å². The number of aromatic nitrogens is 2. The van der Waals surface area contributed by atoms with Gasteiger partial charge in [-0.05, 0) is 12.5 Å². The van der Waals surface area contributed by atoms with E-state index < -0.39 is 17.5 Å². The lowest BCUT2D eigenvalue weighted by Crippen LogP contribution is -2.10. The molecule has 0 bridgehead atoms. The first-order valence-corrected chi connectivity index (χ1v) is 6.54. The first-order chi connectivity index (χ1) is 10.1. The first-order valence-electron chi connectivity index (χ1n) is 6.54. The third kappa shape index (κ3) is 4.08. The number of hydrogen-bond acceptors (Lipinski definition) is 4. The second-order valence-electron chi connectivity index (χ2n) is 4.41. The van der Waals surface area contributed by atoms with Gasteiger partial charge in [-0.15, -0.1) is 0 Å². The Hall–Kier alpha value is -2.31. The lowest BCUT2D eigenvalue weighted by molar-refractivity contribution is 0.573. The highest BCUT2D eigenvalue weighted by Crippen LogP contribution is 2.15.